The average Bonchev–Trinajstić information content (AvgIpc) is 2.84. The van der Waals surface area contributed by atoms with Gasteiger partial charge in [-0.1, -0.05) is 53.5 Å². The zero-order valence-electron chi connectivity index (χ0n) is 18.9. The van der Waals surface area contributed by atoms with Crippen molar-refractivity contribution in [2.75, 3.05) is 24.4 Å². The minimum Gasteiger partial charge on any atom is -0.493 e. The van der Waals surface area contributed by atoms with Gasteiger partial charge in [-0.25, -0.2) is 0 Å². The van der Waals surface area contributed by atoms with Gasteiger partial charge in [0.15, 0.2) is 18.1 Å². The number of methoxy groups -OCH3 is 1. The molecule has 0 aliphatic rings. The Labute approximate surface area is 212 Å². The fourth-order valence-electron chi connectivity index (χ4n) is 3.07. The molecule has 0 aliphatic carbocycles. The number of para-hydroxylation sites is 2. The number of nitriles is 1. The summed E-state index contributed by atoms with van der Waals surface area (Å²) in [5.41, 5.74) is 2.23. The van der Waals surface area contributed by atoms with Gasteiger partial charge in [-0.05, 0) is 54.5 Å². The van der Waals surface area contributed by atoms with Gasteiger partial charge in [-0.2, -0.15) is 5.26 Å². The molecule has 3 aromatic rings. The summed E-state index contributed by atoms with van der Waals surface area (Å²) >= 11 is 12.4. The van der Waals surface area contributed by atoms with Crippen molar-refractivity contribution in [2.24, 2.45) is 0 Å². The molecule has 35 heavy (non-hydrogen) atoms. The van der Waals surface area contributed by atoms with Crippen LogP contribution in [0.4, 0.5) is 11.4 Å². The fourth-order valence-corrected chi connectivity index (χ4v) is 3.52. The molecule has 0 spiro atoms. The second-order valence-corrected chi connectivity index (χ2v) is 8.10. The number of carbonyl (C=O) groups excluding carboxylic acids is 2. The van der Waals surface area contributed by atoms with E-state index >= 15 is 0 Å². The third-order valence-corrected chi connectivity index (χ3v) is 5.43. The van der Waals surface area contributed by atoms with Crippen molar-refractivity contribution in [2.45, 2.75) is 6.92 Å². The molecule has 7 nitrogen and oxygen atoms in total. The molecule has 0 aromatic heterocycles. The Morgan fingerprint density at radius 3 is 2.34 bits per heavy atom. The van der Waals surface area contributed by atoms with Crippen LogP contribution in [0.5, 0.6) is 11.5 Å². The molecule has 0 aliphatic heterocycles. The molecule has 0 heterocycles. The molecule has 0 unspecified atom stereocenters. The van der Waals surface area contributed by atoms with Crippen LogP contribution in [-0.2, 0) is 9.59 Å². The van der Waals surface area contributed by atoms with Gasteiger partial charge in [0.05, 0.1) is 22.8 Å². The van der Waals surface area contributed by atoms with E-state index in [1.54, 1.807) is 36.4 Å². The Hall–Kier alpha value is -3.99. The Balaban J connectivity index is 1.75. The summed E-state index contributed by atoms with van der Waals surface area (Å²) in [5.74, 6) is -0.616. The maximum Gasteiger partial charge on any atom is 0.266 e. The molecular weight excluding hydrogens is 489 g/mol. The number of hydrogen-bond donors (Lipinski definition) is 2. The molecule has 0 atom stereocenters. The van der Waals surface area contributed by atoms with Crippen LogP contribution in [0.3, 0.4) is 0 Å². The summed E-state index contributed by atoms with van der Waals surface area (Å²) < 4.78 is 11.0. The smallest absolute Gasteiger partial charge is 0.266 e. The van der Waals surface area contributed by atoms with Gasteiger partial charge in [0.25, 0.3) is 11.8 Å². The highest BCUT2D eigenvalue weighted by Crippen LogP contribution is 2.37. The van der Waals surface area contributed by atoms with Crippen LogP contribution in [0, 0.1) is 18.3 Å². The normalized spacial score (nSPS) is 10.8. The van der Waals surface area contributed by atoms with E-state index in [1.807, 2.05) is 31.2 Å². The van der Waals surface area contributed by atoms with Crippen LogP contribution in [0.1, 0.15) is 11.1 Å². The fraction of sp³-hybridized carbons (Fsp3) is 0.115. The number of nitrogens with one attached hydrogen (secondary N) is 2. The van der Waals surface area contributed by atoms with Gasteiger partial charge in [0.2, 0.25) is 0 Å². The molecule has 2 N–H and O–H groups in total. The molecule has 0 saturated carbocycles. The molecular formula is C26H21Cl2N3O4. The Bertz CT molecular complexity index is 1330. The summed E-state index contributed by atoms with van der Waals surface area (Å²) in [6, 6.07) is 19.0. The molecule has 2 amide bonds. The molecule has 178 valence electrons. The molecule has 3 aromatic carbocycles. The first-order valence-corrected chi connectivity index (χ1v) is 11.1. The minimum atomic E-state index is -0.635. The summed E-state index contributed by atoms with van der Waals surface area (Å²) in [7, 11) is 1.41. The van der Waals surface area contributed by atoms with Gasteiger partial charge in [-0.15, -0.1) is 0 Å². The number of nitrogens with zero attached hydrogens (tertiary/aromatic N) is 1. The van der Waals surface area contributed by atoms with Gasteiger partial charge in [-0.3, -0.25) is 9.59 Å². The predicted octanol–water partition coefficient (Wildman–Crippen LogP) is 5.87. The topological polar surface area (TPSA) is 100 Å². The van der Waals surface area contributed by atoms with Crippen molar-refractivity contribution < 1.29 is 19.1 Å². The number of halogens is 2. The first kappa shape index (κ1) is 25.6. The lowest BCUT2D eigenvalue weighted by Crippen LogP contribution is -2.21. The largest absolute Gasteiger partial charge is 0.493 e. The number of benzene rings is 3. The highest BCUT2D eigenvalue weighted by molar-refractivity contribution is 6.34. The van der Waals surface area contributed by atoms with Crippen molar-refractivity contribution in [1.29, 1.82) is 5.26 Å². The summed E-state index contributed by atoms with van der Waals surface area (Å²) in [6.45, 7) is 1.58. The van der Waals surface area contributed by atoms with Crippen molar-refractivity contribution in [3.63, 3.8) is 0 Å². The number of rotatable bonds is 8. The highest BCUT2D eigenvalue weighted by Gasteiger charge is 2.16. The number of amides is 2. The molecule has 0 radical (unpaired) electrons. The average molecular weight is 510 g/mol. The number of ether oxygens (including phenoxy) is 2. The number of hydrogen-bond acceptors (Lipinski definition) is 5. The third-order valence-electron chi connectivity index (χ3n) is 4.82. The van der Waals surface area contributed by atoms with Gasteiger partial charge in [0, 0.05) is 5.69 Å². The van der Waals surface area contributed by atoms with Crippen molar-refractivity contribution >= 4 is 52.5 Å². The van der Waals surface area contributed by atoms with Crippen molar-refractivity contribution in [3.05, 3.63) is 87.4 Å². The Morgan fingerprint density at radius 1 is 1.00 bits per heavy atom. The second kappa shape index (κ2) is 11.9. The highest BCUT2D eigenvalue weighted by atomic mass is 35.5. The standard InChI is InChI=1S/C26H21Cl2N3O4/c1-16-7-3-5-9-21(16)30-24(32)15-35-25-20(28)12-17(13-23(25)34-2)11-18(14-29)26(33)31-22-10-6-4-8-19(22)27/h3-13H,15H2,1-2H3,(H,30,32)(H,31,33)/b18-11+. The van der Waals surface area contributed by atoms with Crippen LogP contribution in [0.25, 0.3) is 6.08 Å². The summed E-state index contributed by atoms with van der Waals surface area (Å²) in [4.78, 5) is 24.9. The lowest BCUT2D eigenvalue weighted by Gasteiger charge is -2.14. The van der Waals surface area contributed by atoms with Crippen LogP contribution in [-0.4, -0.2) is 25.5 Å². The van der Waals surface area contributed by atoms with Crippen molar-refractivity contribution in [3.8, 4) is 17.6 Å². The number of aryl methyl sites for hydroxylation is 1. The molecule has 0 fully saturated rings. The zero-order chi connectivity index (χ0) is 25.4. The predicted molar refractivity (Wildman–Crippen MR) is 137 cm³/mol. The summed E-state index contributed by atoms with van der Waals surface area (Å²) in [5, 5.41) is 15.4. The minimum absolute atomic E-state index is 0.142. The van der Waals surface area contributed by atoms with Crippen LogP contribution in [0.2, 0.25) is 10.0 Å². The number of anilines is 2. The SMILES string of the molecule is COc1cc(/C=C(\C#N)C(=O)Nc2ccccc2Cl)cc(Cl)c1OCC(=O)Nc1ccccc1C. The van der Waals surface area contributed by atoms with Gasteiger partial charge < -0.3 is 20.1 Å². The zero-order valence-corrected chi connectivity index (χ0v) is 20.4. The maximum atomic E-state index is 12.6. The maximum absolute atomic E-state index is 12.6. The lowest BCUT2D eigenvalue weighted by molar-refractivity contribution is -0.118. The first-order valence-electron chi connectivity index (χ1n) is 10.4. The lowest BCUT2D eigenvalue weighted by atomic mass is 10.1. The first-order chi connectivity index (χ1) is 16.8. The van der Waals surface area contributed by atoms with E-state index in [0.717, 1.165) is 5.56 Å². The van der Waals surface area contributed by atoms with Gasteiger partial charge in [0.1, 0.15) is 11.6 Å². The van der Waals surface area contributed by atoms with Crippen LogP contribution < -0.4 is 20.1 Å². The van der Waals surface area contributed by atoms with Crippen molar-refractivity contribution in [1.82, 2.24) is 0 Å². The van der Waals surface area contributed by atoms with Crippen LogP contribution >= 0.6 is 23.2 Å². The van der Waals surface area contributed by atoms with E-state index < -0.39 is 5.91 Å². The van der Waals surface area contributed by atoms with E-state index in [2.05, 4.69) is 10.6 Å². The quantitative estimate of drug-likeness (QED) is 0.292. The Kier molecular flexibility index (Phi) is 8.74. The van der Waals surface area contributed by atoms with E-state index in [0.29, 0.717) is 22.0 Å². The monoisotopic (exact) mass is 509 g/mol. The second-order valence-electron chi connectivity index (χ2n) is 7.29. The van der Waals surface area contributed by atoms with Crippen LogP contribution in [0.15, 0.2) is 66.2 Å². The van der Waals surface area contributed by atoms with E-state index in [-0.39, 0.29) is 34.6 Å². The van der Waals surface area contributed by atoms with E-state index in [1.165, 1.54) is 19.3 Å². The molecule has 0 saturated heterocycles. The van der Waals surface area contributed by atoms with Gasteiger partial charge >= 0.3 is 0 Å². The summed E-state index contributed by atoms with van der Waals surface area (Å²) in [6.07, 6.45) is 1.36. The van der Waals surface area contributed by atoms with E-state index in [9.17, 15) is 14.9 Å². The Morgan fingerprint density at radius 2 is 1.69 bits per heavy atom. The van der Waals surface area contributed by atoms with E-state index in [4.69, 9.17) is 32.7 Å². The molecule has 3 rings (SSSR count). The molecule has 9 heteroatoms. The third kappa shape index (κ3) is 6.76. The molecule has 0 bridgehead atoms. The number of carbonyl (C=O) groups is 2.